The van der Waals surface area contributed by atoms with Crippen LogP contribution in [0.1, 0.15) is 26.3 Å². The Morgan fingerprint density at radius 1 is 0.947 bits per heavy atom. The summed E-state index contributed by atoms with van der Waals surface area (Å²) in [6.45, 7) is 7.81. The Morgan fingerprint density at radius 3 is 1.95 bits per heavy atom. The molecule has 0 bridgehead atoms. The first-order valence-electron chi connectivity index (χ1n) is 6.42. The zero-order valence-electron chi connectivity index (χ0n) is 11.5. The predicted molar refractivity (Wildman–Crippen MR) is 96.2 cm³/mol. The summed E-state index contributed by atoms with van der Waals surface area (Å²) < 4.78 is 20.1. The van der Waals surface area contributed by atoms with E-state index in [0.717, 1.165) is 6.04 Å². The van der Waals surface area contributed by atoms with Crippen LogP contribution in [-0.2, 0) is 19.3 Å². The van der Waals surface area contributed by atoms with Gasteiger partial charge in [-0.3, -0.25) is 0 Å². The second-order valence-corrected chi connectivity index (χ2v) is 8.89. The molecule has 0 N–H and O–H groups in total. The van der Waals surface area contributed by atoms with E-state index in [1.807, 2.05) is 20.8 Å². The number of hydrogen-bond acceptors (Lipinski definition) is 3. The highest BCUT2D eigenvalue weighted by Gasteiger charge is 2.41. The van der Waals surface area contributed by atoms with E-state index in [0.29, 0.717) is 19.8 Å². The van der Waals surface area contributed by atoms with Crippen molar-refractivity contribution in [3.63, 3.8) is 0 Å². The van der Waals surface area contributed by atoms with Crippen LogP contribution in [0, 0.1) is 7.14 Å². The van der Waals surface area contributed by atoms with Crippen LogP contribution in [0.25, 0.3) is 0 Å². The Hall–Kier alpha value is 0.777. The van der Waals surface area contributed by atoms with Gasteiger partial charge in [0, 0.05) is 33.0 Å². The fraction of sp³-hybridized carbons (Fsp3) is 0.538. The van der Waals surface area contributed by atoms with Gasteiger partial charge >= 0.3 is 8.80 Å². The average Bonchev–Trinajstić information content (AvgIpc) is 2.35. The van der Waals surface area contributed by atoms with Gasteiger partial charge in [-0.25, -0.2) is 0 Å². The lowest BCUT2D eigenvalue weighted by molar-refractivity contribution is 0.0703. The minimum atomic E-state index is -2.60. The second-order valence-electron chi connectivity index (χ2n) is 3.89. The lowest BCUT2D eigenvalue weighted by atomic mass is 10.2. The highest BCUT2D eigenvalue weighted by Crippen LogP contribution is 2.23. The largest absolute Gasteiger partial charge is 0.505 e. The second kappa shape index (κ2) is 8.93. The van der Waals surface area contributed by atoms with Crippen molar-refractivity contribution in [2.75, 3.05) is 19.8 Å². The van der Waals surface area contributed by atoms with Gasteiger partial charge in [0.15, 0.2) is 0 Å². The fourth-order valence-electron chi connectivity index (χ4n) is 1.85. The van der Waals surface area contributed by atoms with Crippen LogP contribution in [0.3, 0.4) is 0 Å². The summed E-state index contributed by atoms with van der Waals surface area (Å²) in [5, 5.41) is 0. The quantitative estimate of drug-likeness (QED) is 0.394. The third-order valence-corrected chi connectivity index (χ3v) is 7.23. The van der Waals surface area contributed by atoms with Crippen LogP contribution in [0.15, 0.2) is 18.2 Å². The van der Waals surface area contributed by atoms with E-state index in [2.05, 4.69) is 63.4 Å². The van der Waals surface area contributed by atoms with E-state index in [9.17, 15) is 0 Å². The van der Waals surface area contributed by atoms with Crippen molar-refractivity contribution < 1.29 is 13.3 Å². The average molecular weight is 506 g/mol. The fourth-order valence-corrected chi connectivity index (χ4v) is 5.93. The smallest absolute Gasteiger partial charge is 0.374 e. The van der Waals surface area contributed by atoms with Gasteiger partial charge in [0.1, 0.15) is 0 Å². The van der Waals surface area contributed by atoms with Gasteiger partial charge in [-0.05, 0) is 89.7 Å². The zero-order valence-corrected chi connectivity index (χ0v) is 16.9. The SMILES string of the molecule is CCO[Si](Cc1cc(I)ccc1I)(OCC)OCC. The van der Waals surface area contributed by atoms with Crippen LogP contribution in [0.4, 0.5) is 0 Å². The molecule has 0 aliphatic heterocycles. The van der Waals surface area contributed by atoms with Crippen molar-refractivity contribution in [1.82, 2.24) is 0 Å². The van der Waals surface area contributed by atoms with Gasteiger partial charge in [0.25, 0.3) is 0 Å². The maximum absolute atomic E-state index is 5.90. The molecule has 0 saturated heterocycles. The molecule has 0 amide bonds. The molecule has 19 heavy (non-hydrogen) atoms. The van der Waals surface area contributed by atoms with Crippen molar-refractivity contribution >= 4 is 54.0 Å². The number of benzene rings is 1. The molecular weight excluding hydrogens is 486 g/mol. The van der Waals surface area contributed by atoms with Crippen molar-refractivity contribution in [3.05, 3.63) is 30.9 Å². The number of rotatable bonds is 8. The number of hydrogen-bond donors (Lipinski definition) is 0. The van der Waals surface area contributed by atoms with Gasteiger partial charge in [-0.1, -0.05) is 0 Å². The summed E-state index contributed by atoms with van der Waals surface area (Å²) in [4.78, 5) is 0. The first kappa shape index (κ1) is 17.8. The Bertz CT molecular complexity index is 384. The first-order valence-corrected chi connectivity index (χ1v) is 10.5. The molecule has 1 rings (SSSR count). The maximum Gasteiger partial charge on any atom is 0.505 e. The zero-order chi connectivity index (χ0) is 14.3. The van der Waals surface area contributed by atoms with Gasteiger partial charge < -0.3 is 13.3 Å². The minimum Gasteiger partial charge on any atom is -0.374 e. The lowest BCUT2D eigenvalue weighted by Crippen LogP contribution is -2.48. The normalized spacial score (nSPS) is 11.8. The van der Waals surface area contributed by atoms with E-state index in [-0.39, 0.29) is 0 Å². The summed E-state index contributed by atoms with van der Waals surface area (Å²) in [7, 11) is -2.60. The van der Waals surface area contributed by atoms with Crippen molar-refractivity contribution in [3.8, 4) is 0 Å². The predicted octanol–water partition coefficient (Wildman–Crippen LogP) is 4.03. The summed E-state index contributed by atoms with van der Waals surface area (Å²) in [5.74, 6) is 0. The van der Waals surface area contributed by atoms with E-state index in [1.54, 1.807) is 0 Å². The molecule has 1 aromatic carbocycles. The number of halogens is 2. The molecule has 108 valence electrons. The molecule has 0 saturated carbocycles. The van der Waals surface area contributed by atoms with Gasteiger partial charge in [-0.2, -0.15) is 0 Å². The monoisotopic (exact) mass is 506 g/mol. The Labute approximate surface area is 144 Å². The third-order valence-electron chi connectivity index (χ3n) is 2.51. The molecule has 1 aromatic rings. The first-order chi connectivity index (χ1) is 9.06. The maximum atomic E-state index is 5.90. The van der Waals surface area contributed by atoms with E-state index in [1.165, 1.54) is 12.7 Å². The molecule has 0 heterocycles. The Morgan fingerprint density at radius 2 is 1.47 bits per heavy atom. The lowest BCUT2D eigenvalue weighted by Gasteiger charge is -2.28. The highest BCUT2D eigenvalue weighted by molar-refractivity contribution is 14.1. The van der Waals surface area contributed by atoms with E-state index in [4.69, 9.17) is 13.3 Å². The van der Waals surface area contributed by atoms with Gasteiger partial charge in [-0.15, -0.1) is 0 Å². The van der Waals surface area contributed by atoms with Crippen LogP contribution < -0.4 is 0 Å². The Kier molecular flexibility index (Phi) is 8.38. The summed E-state index contributed by atoms with van der Waals surface area (Å²) >= 11 is 4.68. The summed E-state index contributed by atoms with van der Waals surface area (Å²) in [5.41, 5.74) is 1.24. The molecule has 0 spiro atoms. The van der Waals surface area contributed by atoms with Crippen molar-refractivity contribution in [1.29, 1.82) is 0 Å². The van der Waals surface area contributed by atoms with E-state index < -0.39 is 8.80 Å². The van der Waals surface area contributed by atoms with Crippen LogP contribution in [0.2, 0.25) is 0 Å². The molecule has 0 unspecified atom stereocenters. The molecule has 0 aliphatic rings. The van der Waals surface area contributed by atoms with Crippen molar-refractivity contribution in [2.24, 2.45) is 0 Å². The van der Waals surface area contributed by atoms with E-state index >= 15 is 0 Å². The van der Waals surface area contributed by atoms with Crippen LogP contribution in [-0.4, -0.2) is 28.6 Å². The molecular formula is C13H20I2O3Si. The summed E-state index contributed by atoms with van der Waals surface area (Å²) in [6, 6.07) is 7.15. The molecule has 0 aromatic heterocycles. The van der Waals surface area contributed by atoms with Gasteiger partial charge in [0.2, 0.25) is 0 Å². The minimum absolute atomic E-state index is 0.618. The molecule has 3 nitrogen and oxygen atoms in total. The standard InChI is InChI=1S/C13H20I2O3Si/c1-4-16-19(17-5-2,18-6-3)10-11-9-12(14)7-8-13(11)15/h7-9H,4-6,10H2,1-3H3. The molecule has 0 fully saturated rings. The van der Waals surface area contributed by atoms with Crippen LogP contribution in [0.5, 0.6) is 0 Å². The molecule has 0 aliphatic carbocycles. The topological polar surface area (TPSA) is 27.7 Å². The van der Waals surface area contributed by atoms with Crippen molar-refractivity contribution in [2.45, 2.75) is 26.8 Å². The van der Waals surface area contributed by atoms with Gasteiger partial charge in [0.05, 0.1) is 0 Å². The Balaban J connectivity index is 3.00. The molecule has 6 heteroatoms. The third kappa shape index (κ3) is 5.58. The summed E-state index contributed by atoms with van der Waals surface area (Å²) in [6.07, 6.45) is 0. The van der Waals surface area contributed by atoms with Crippen LogP contribution >= 0.6 is 45.2 Å². The highest BCUT2D eigenvalue weighted by atomic mass is 127. The molecule has 0 atom stereocenters. The molecule has 0 radical (unpaired) electrons.